The van der Waals surface area contributed by atoms with Crippen LogP contribution in [-0.4, -0.2) is 18.5 Å². The van der Waals surface area contributed by atoms with Gasteiger partial charge >= 0.3 is 0 Å². The third kappa shape index (κ3) is 14.4. The molecule has 0 aliphatic rings. The SMILES string of the molecule is C=C\C=C/C=C/C=C/C=C/N=C(N=CCC=O)Nc1ccc(CCCCCCC)cc1. The Morgan fingerprint density at radius 1 is 0.935 bits per heavy atom. The summed E-state index contributed by atoms with van der Waals surface area (Å²) < 4.78 is 0. The van der Waals surface area contributed by atoms with Crippen LogP contribution in [-0.2, 0) is 11.2 Å². The fourth-order valence-electron chi connectivity index (χ4n) is 2.66. The molecular weight excluding hydrogens is 382 g/mol. The first kappa shape index (κ1) is 25.8. The van der Waals surface area contributed by atoms with Gasteiger partial charge < -0.3 is 10.1 Å². The molecule has 1 N–H and O–H groups in total. The minimum Gasteiger partial charge on any atom is -0.324 e. The van der Waals surface area contributed by atoms with E-state index < -0.39 is 0 Å². The summed E-state index contributed by atoms with van der Waals surface area (Å²) in [7, 11) is 0. The zero-order valence-corrected chi connectivity index (χ0v) is 18.6. The molecule has 1 aromatic carbocycles. The second-order valence-electron chi connectivity index (χ2n) is 6.88. The number of allylic oxidation sites excluding steroid dienone is 8. The largest absolute Gasteiger partial charge is 0.324 e. The number of hydrogen-bond acceptors (Lipinski definition) is 2. The van der Waals surface area contributed by atoms with E-state index in [0.29, 0.717) is 5.96 Å². The van der Waals surface area contributed by atoms with E-state index >= 15 is 0 Å². The van der Waals surface area contributed by atoms with Crippen LogP contribution in [0.2, 0.25) is 0 Å². The fourth-order valence-corrected chi connectivity index (χ4v) is 2.66. The van der Waals surface area contributed by atoms with Gasteiger partial charge in [-0.15, -0.1) is 0 Å². The molecule has 0 radical (unpaired) electrons. The maximum absolute atomic E-state index is 10.6. The van der Waals surface area contributed by atoms with E-state index in [1.807, 2.05) is 54.7 Å². The average molecular weight is 418 g/mol. The molecule has 0 heterocycles. The molecule has 0 saturated carbocycles. The first-order chi connectivity index (χ1) is 15.3. The van der Waals surface area contributed by atoms with E-state index in [-0.39, 0.29) is 6.42 Å². The number of unbranched alkanes of at least 4 members (excludes halogenated alkanes) is 4. The first-order valence-corrected chi connectivity index (χ1v) is 11.0. The van der Waals surface area contributed by atoms with Crippen molar-refractivity contribution in [2.45, 2.75) is 51.9 Å². The summed E-state index contributed by atoms with van der Waals surface area (Å²) in [5.41, 5.74) is 2.25. The third-order valence-corrected chi connectivity index (χ3v) is 4.28. The number of rotatable bonds is 14. The monoisotopic (exact) mass is 417 g/mol. The van der Waals surface area contributed by atoms with Crippen LogP contribution in [0.4, 0.5) is 5.69 Å². The summed E-state index contributed by atoms with van der Waals surface area (Å²) in [6.07, 6.45) is 26.7. The summed E-state index contributed by atoms with van der Waals surface area (Å²) in [4.78, 5) is 19.2. The topological polar surface area (TPSA) is 53.8 Å². The van der Waals surface area contributed by atoms with Gasteiger partial charge in [-0.25, -0.2) is 9.98 Å². The van der Waals surface area contributed by atoms with Crippen molar-refractivity contribution in [3.8, 4) is 0 Å². The number of nitrogens with one attached hydrogen (secondary N) is 1. The minimum absolute atomic E-state index is 0.254. The maximum atomic E-state index is 10.6. The predicted molar refractivity (Wildman–Crippen MR) is 136 cm³/mol. The molecule has 0 atom stereocenters. The van der Waals surface area contributed by atoms with Crippen molar-refractivity contribution in [1.82, 2.24) is 0 Å². The van der Waals surface area contributed by atoms with Crippen LogP contribution in [0.5, 0.6) is 0 Å². The van der Waals surface area contributed by atoms with E-state index in [1.54, 1.807) is 18.5 Å². The summed E-state index contributed by atoms with van der Waals surface area (Å²) in [6.45, 7) is 5.85. The number of benzene rings is 1. The summed E-state index contributed by atoms with van der Waals surface area (Å²) in [6, 6.07) is 8.36. The number of aldehydes is 1. The van der Waals surface area contributed by atoms with Crippen LogP contribution in [0.25, 0.3) is 0 Å². The molecule has 164 valence electrons. The summed E-state index contributed by atoms with van der Waals surface area (Å²) in [5.74, 6) is 0.434. The Bertz CT molecular complexity index is 796. The molecule has 0 aliphatic carbocycles. The zero-order chi connectivity index (χ0) is 22.4. The Morgan fingerprint density at radius 3 is 2.29 bits per heavy atom. The highest BCUT2D eigenvalue weighted by Gasteiger charge is 1.99. The van der Waals surface area contributed by atoms with Gasteiger partial charge in [0.05, 0.1) is 0 Å². The molecule has 0 amide bonds. The van der Waals surface area contributed by atoms with E-state index in [2.05, 4.69) is 40.9 Å². The van der Waals surface area contributed by atoms with Crippen molar-refractivity contribution in [2.75, 3.05) is 5.32 Å². The van der Waals surface area contributed by atoms with E-state index in [1.165, 1.54) is 37.7 Å². The normalized spacial score (nSPS) is 12.7. The lowest BCUT2D eigenvalue weighted by Gasteiger charge is -2.07. The van der Waals surface area contributed by atoms with E-state index in [4.69, 9.17) is 0 Å². The van der Waals surface area contributed by atoms with Crippen molar-refractivity contribution >= 4 is 24.1 Å². The number of carbonyl (C=O) groups is 1. The Hall–Kier alpha value is -3.27. The van der Waals surface area contributed by atoms with Crippen molar-refractivity contribution < 1.29 is 4.79 Å². The number of guanidine groups is 1. The average Bonchev–Trinajstić information content (AvgIpc) is 2.79. The van der Waals surface area contributed by atoms with Crippen molar-refractivity contribution in [3.63, 3.8) is 0 Å². The van der Waals surface area contributed by atoms with Gasteiger partial charge in [0.15, 0.2) is 0 Å². The summed E-state index contributed by atoms with van der Waals surface area (Å²) >= 11 is 0. The molecule has 4 heteroatoms. The van der Waals surface area contributed by atoms with Gasteiger partial charge in [-0.3, -0.25) is 0 Å². The van der Waals surface area contributed by atoms with Gasteiger partial charge in [0.25, 0.3) is 0 Å². The third-order valence-electron chi connectivity index (χ3n) is 4.28. The second-order valence-corrected chi connectivity index (χ2v) is 6.88. The van der Waals surface area contributed by atoms with Gasteiger partial charge in [0.1, 0.15) is 6.29 Å². The molecule has 0 aromatic heterocycles. The number of aliphatic imine (C=N–C) groups is 2. The van der Waals surface area contributed by atoms with Crippen LogP contribution < -0.4 is 5.32 Å². The second kappa shape index (κ2) is 18.7. The van der Waals surface area contributed by atoms with Crippen molar-refractivity contribution in [1.29, 1.82) is 0 Å². The van der Waals surface area contributed by atoms with Crippen LogP contribution in [0.3, 0.4) is 0 Å². The molecule has 1 aromatic rings. The number of anilines is 1. The molecule has 0 unspecified atom stereocenters. The molecule has 31 heavy (non-hydrogen) atoms. The highest BCUT2D eigenvalue weighted by molar-refractivity contribution is 5.99. The van der Waals surface area contributed by atoms with Gasteiger partial charge in [0.2, 0.25) is 5.96 Å². The Kier molecular flexibility index (Phi) is 15.6. The molecule has 0 saturated heterocycles. The molecule has 0 bridgehead atoms. The van der Waals surface area contributed by atoms with Gasteiger partial charge in [-0.1, -0.05) is 93.9 Å². The fraction of sp³-hybridized carbons (Fsp3) is 0.296. The molecule has 4 nitrogen and oxygen atoms in total. The Labute approximate surface area is 187 Å². The number of carbonyl (C=O) groups excluding carboxylic acids is 1. The lowest BCUT2D eigenvalue weighted by Crippen LogP contribution is -2.09. The minimum atomic E-state index is 0.254. The lowest BCUT2D eigenvalue weighted by atomic mass is 10.1. The Balaban J connectivity index is 2.64. The van der Waals surface area contributed by atoms with E-state index in [9.17, 15) is 4.79 Å². The molecular formula is C27H35N3O. The number of nitrogens with zero attached hydrogens (tertiary/aromatic N) is 2. The van der Waals surface area contributed by atoms with Crippen molar-refractivity contribution in [2.24, 2.45) is 9.98 Å². The van der Waals surface area contributed by atoms with E-state index in [0.717, 1.165) is 18.4 Å². The number of hydrogen-bond donors (Lipinski definition) is 1. The lowest BCUT2D eigenvalue weighted by molar-refractivity contribution is -0.106. The van der Waals surface area contributed by atoms with Crippen molar-refractivity contribution in [3.05, 3.63) is 91.2 Å². The highest BCUT2D eigenvalue weighted by Crippen LogP contribution is 2.13. The molecule has 0 aliphatic heterocycles. The summed E-state index contributed by atoms with van der Waals surface area (Å²) in [5, 5.41) is 3.20. The molecule has 0 spiro atoms. The smallest absolute Gasteiger partial charge is 0.226 e. The number of aryl methyl sites for hydroxylation is 1. The van der Waals surface area contributed by atoms with Crippen LogP contribution >= 0.6 is 0 Å². The standard InChI is InChI=1S/C27H35N3O/c1-3-5-7-9-10-11-13-15-22-28-27(29-23-16-24-31)30-26-20-18-25(19-21-26)17-14-12-8-6-4-2/h3,5,7,9-11,13,15,18-24H,1,4,6,8,12,14,16-17H2,2H3,(H,28,30)/b7-5-,10-9+,13-11+,22-15+,29-23?. The van der Waals surface area contributed by atoms with Crippen LogP contribution in [0.1, 0.15) is 51.0 Å². The van der Waals surface area contributed by atoms with Crippen LogP contribution in [0.15, 0.2) is 95.6 Å². The van der Waals surface area contributed by atoms with Crippen LogP contribution in [0, 0.1) is 0 Å². The van der Waals surface area contributed by atoms with Gasteiger partial charge in [-0.05, 0) is 36.6 Å². The molecule has 0 fully saturated rings. The van der Waals surface area contributed by atoms with Gasteiger partial charge in [-0.2, -0.15) is 0 Å². The maximum Gasteiger partial charge on any atom is 0.226 e. The predicted octanol–water partition coefficient (Wildman–Crippen LogP) is 7.00. The van der Waals surface area contributed by atoms with Gasteiger partial charge in [0, 0.05) is 24.5 Å². The molecule has 1 rings (SSSR count). The Morgan fingerprint density at radius 2 is 1.61 bits per heavy atom. The first-order valence-electron chi connectivity index (χ1n) is 11.0. The highest BCUT2D eigenvalue weighted by atomic mass is 16.1. The quantitative estimate of drug-likeness (QED) is 0.116. The zero-order valence-electron chi connectivity index (χ0n) is 18.6.